The van der Waals surface area contributed by atoms with Gasteiger partial charge in [0.05, 0.1) is 19.8 Å². The van der Waals surface area contributed by atoms with Crippen LogP contribution in [0.2, 0.25) is 0 Å². The van der Waals surface area contributed by atoms with Crippen LogP contribution < -0.4 is 0 Å². The molecule has 0 aromatic heterocycles. The van der Waals surface area contributed by atoms with E-state index in [0.717, 1.165) is 12.8 Å². The van der Waals surface area contributed by atoms with Crippen LogP contribution in [-0.2, 0) is 23.8 Å². The number of hydrogen-bond donors (Lipinski definition) is 0. The van der Waals surface area contributed by atoms with Gasteiger partial charge in [0.25, 0.3) is 0 Å². The molecule has 1 unspecified atom stereocenters. The van der Waals surface area contributed by atoms with Crippen molar-refractivity contribution in [2.24, 2.45) is 11.8 Å². The quantitative estimate of drug-likeness (QED) is 0.536. The van der Waals surface area contributed by atoms with Gasteiger partial charge in [-0.3, -0.25) is 9.59 Å². The van der Waals surface area contributed by atoms with Gasteiger partial charge in [0.2, 0.25) is 0 Å². The predicted molar refractivity (Wildman–Crippen MR) is 60.3 cm³/mol. The molecule has 0 aromatic carbocycles. The van der Waals surface area contributed by atoms with E-state index in [9.17, 15) is 9.59 Å². The third-order valence-corrected chi connectivity index (χ3v) is 2.75. The SMILES string of the molecule is CCOC(=O)C(C(=O)OCC)C1CCCOC1. The van der Waals surface area contributed by atoms with E-state index in [4.69, 9.17) is 14.2 Å². The molecule has 0 N–H and O–H groups in total. The number of carbonyl (C=O) groups is 2. The van der Waals surface area contributed by atoms with E-state index in [2.05, 4.69) is 0 Å². The summed E-state index contributed by atoms with van der Waals surface area (Å²) < 4.78 is 15.2. The third kappa shape index (κ3) is 4.00. The summed E-state index contributed by atoms with van der Waals surface area (Å²) in [5, 5.41) is 0. The van der Waals surface area contributed by atoms with Crippen molar-refractivity contribution in [1.29, 1.82) is 0 Å². The number of ether oxygens (including phenoxy) is 3. The van der Waals surface area contributed by atoms with E-state index in [1.807, 2.05) is 0 Å². The zero-order valence-electron chi connectivity index (χ0n) is 10.4. The minimum Gasteiger partial charge on any atom is -0.465 e. The standard InChI is InChI=1S/C12H20O5/c1-3-16-11(13)10(12(14)17-4-2)9-6-5-7-15-8-9/h9-10H,3-8H2,1-2H3. The summed E-state index contributed by atoms with van der Waals surface area (Å²) in [6, 6.07) is 0. The average molecular weight is 244 g/mol. The molecule has 0 spiro atoms. The lowest BCUT2D eigenvalue weighted by Crippen LogP contribution is -2.38. The first-order valence-electron chi connectivity index (χ1n) is 6.11. The highest BCUT2D eigenvalue weighted by Crippen LogP contribution is 2.24. The Morgan fingerprint density at radius 2 is 1.82 bits per heavy atom. The Bertz CT molecular complexity index is 240. The fourth-order valence-corrected chi connectivity index (χ4v) is 1.97. The van der Waals surface area contributed by atoms with Crippen LogP contribution in [0.1, 0.15) is 26.7 Å². The Hall–Kier alpha value is -1.10. The molecule has 0 aromatic rings. The molecule has 0 aliphatic carbocycles. The van der Waals surface area contributed by atoms with Crippen LogP contribution in [0.25, 0.3) is 0 Å². The molecule has 0 radical (unpaired) electrons. The third-order valence-electron chi connectivity index (χ3n) is 2.75. The number of rotatable bonds is 5. The topological polar surface area (TPSA) is 61.8 Å². The van der Waals surface area contributed by atoms with Gasteiger partial charge in [-0.15, -0.1) is 0 Å². The molecule has 1 aliphatic rings. The summed E-state index contributed by atoms with van der Waals surface area (Å²) in [5.41, 5.74) is 0. The highest BCUT2D eigenvalue weighted by Gasteiger charge is 2.38. The van der Waals surface area contributed by atoms with Crippen molar-refractivity contribution in [3.05, 3.63) is 0 Å². The molecule has 1 atom stereocenters. The lowest BCUT2D eigenvalue weighted by molar-refractivity contribution is -0.167. The lowest BCUT2D eigenvalue weighted by atomic mass is 9.88. The maximum atomic E-state index is 11.8. The van der Waals surface area contributed by atoms with E-state index >= 15 is 0 Å². The number of esters is 2. The molecular weight excluding hydrogens is 224 g/mol. The van der Waals surface area contributed by atoms with E-state index in [1.54, 1.807) is 13.8 Å². The van der Waals surface area contributed by atoms with Crippen molar-refractivity contribution in [2.45, 2.75) is 26.7 Å². The molecule has 1 heterocycles. The maximum Gasteiger partial charge on any atom is 0.320 e. The summed E-state index contributed by atoms with van der Waals surface area (Å²) in [5.74, 6) is -1.96. The van der Waals surface area contributed by atoms with Crippen LogP contribution in [-0.4, -0.2) is 38.4 Å². The number of hydrogen-bond acceptors (Lipinski definition) is 5. The van der Waals surface area contributed by atoms with Crippen LogP contribution in [0.3, 0.4) is 0 Å². The zero-order chi connectivity index (χ0) is 12.7. The van der Waals surface area contributed by atoms with Gasteiger partial charge in [-0.2, -0.15) is 0 Å². The van der Waals surface area contributed by atoms with Crippen molar-refractivity contribution in [2.75, 3.05) is 26.4 Å². The minimum absolute atomic E-state index is 0.123. The van der Waals surface area contributed by atoms with Gasteiger partial charge in [-0.25, -0.2) is 0 Å². The van der Waals surface area contributed by atoms with E-state index in [0.29, 0.717) is 13.2 Å². The second kappa shape index (κ2) is 7.27. The minimum atomic E-state index is -0.838. The molecule has 17 heavy (non-hydrogen) atoms. The highest BCUT2D eigenvalue weighted by atomic mass is 16.6. The van der Waals surface area contributed by atoms with E-state index in [1.165, 1.54) is 0 Å². The monoisotopic (exact) mass is 244 g/mol. The Morgan fingerprint density at radius 1 is 1.24 bits per heavy atom. The molecule has 98 valence electrons. The fourth-order valence-electron chi connectivity index (χ4n) is 1.97. The van der Waals surface area contributed by atoms with Gasteiger partial charge in [-0.05, 0) is 26.7 Å². The first-order chi connectivity index (χ1) is 8.20. The summed E-state index contributed by atoms with van der Waals surface area (Å²) in [6.45, 7) is 5.08. The highest BCUT2D eigenvalue weighted by molar-refractivity contribution is 5.95. The van der Waals surface area contributed by atoms with Crippen molar-refractivity contribution in [3.8, 4) is 0 Å². The van der Waals surface area contributed by atoms with Crippen LogP contribution >= 0.6 is 0 Å². The fraction of sp³-hybridized carbons (Fsp3) is 0.833. The smallest absolute Gasteiger partial charge is 0.320 e. The molecule has 0 amide bonds. The summed E-state index contributed by atoms with van der Waals surface area (Å²) in [4.78, 5) is 23.6. The molecule has 5 nitrogen and oxygen atoms in total. The van der Waals surface area contributed by atoms with Crippen LogP contribution in [0.4, 0.5) is 0 Å². The number of carbonyl (C=O) groups excluding carboxylic acids is 2. The van der Waals surface area contributed by atoms with Crippen LogP contribution in [0, 0.1) is 11.8 Å². The summed E-state index contributed by atoms with van der Waals surface area (Å²) >= 11 is 0. The predicted octanol–water partition coefficient (Wildman–Crippen LogP) is 1.16. The normalized spacial score (nSPS) is 20.1. The van der Waals surface area contributed by atoms with Gasteiger partial charge in [0, 0.05) is 12.5 Å². The summed E-state index contributed by atoms with van der Waals surface area (Å²) in [7, 11) is 0. The molecule has 1 fully saturated rings. The van der Waals surface area contributed by atoms with Crippen molar-refractivity contribution in [3.63, 3.8) is 0 Å². The molecule has 1 saturated heterocycles. The first kappa shape index (κ1) is 14.0. The van der Waals surface area contributed by atoms with Gasteiger partial charge in [0.15, 0.2) is 5.92 Å². The second-order valence-corrected chi connectivity index (χ2v) is 3.96. The van der Waals surface area contributed by atoms with Gasteiger partial charge in [-0.1, -0.05) is 0 Å². The van der Waals surface area contributed by atoms with Crippen molar-refractivity contribution < 1.29 is 23.8 Å². The van der Waals surface area contributed by atoms with E-state index in [-0.39, 0.29) is 19.1 Å². The molecule has 0 bridgehead atoms. The van der Waals surface area contributed by atoms with Crippen molar-refractivity contribution in [1.82, 2.24) is 0 Å². The Morgan fingerprint density at radius 3 is 2.24 bits per heavy atom. The second-order valence-electron chi connectivity index (χ2n) is 3.96. The molecule has 5 heteroatoms. The maximum absolute atomic E-state index is 11.8. The van der Waals surface area contributed by atoms with E-state index < -0.39 is 17.9 Å². The Kier molecular flexibility index (Phi) is 5.97. The summed E-state index contributed by atoms with van der Waals surface area (Å²) in [6.07, 6.45) is 1.66. The Labute approximate surface area is 101 Å². The average Bonchev–Trinajstić information content (AvgIpc) is 2.31. The van der Waals surface area contributed by atoms with Crippen LogP contribution in [0.15, 0.2) is 0 Å². The van der Waals surface area contributed by atoms with Gasteiger partial charge < -0.3 is 14.2 Å². The van der Waals surface area contributed by atoms with Crippen molar-refractivity contribution >= 4 is 11.9 Å². The first-order valence-corrected chi connectivity index (χ1v) is 6.11. The molecule has 0 saturated carbocycles. The Balaban J connectivity index is 2.69. The molecular formula is C12H20O5. The lowest BCUT2D eigenvalue weighted by Gasteiger charge is -2.27. The zero-order valence-corrected chi connectivity index (χ0v) is 10.4. The van der Waals surface area contributed by atoms with Gasteiger partial charge >= 0.3 is 11.9 Å². The molecule has 1 rings (SSSR count). The van der Waals surface area contributed by atoms with Crippen LogP contribution in [0.5, 0.6) is 0 Å². The van der Waals surface area contributed by atoms with Gasteiger partial charge in [0.1, 0.15) is 0 Å². The molecule has 1 aliphatic heterocycles. The largest absolute Gasteiger partial charge is 0.465 e.